The van der Waals surface area contributed by atoms with E-state index >= 15 is 0 Å². The lowest BCUT2D eigenvalue weighted by Crippen LogP contribution is -2.00. The van der Waals surface area contributed by atoms with E-state index in [1.807, 2.05) is 42.5 Å². The second kappa shape index (κ2) is 6.82. The van der Waals surface area contributed by atoms with Gasteiger partial charge in [-0.3, -0.25) is 0 Å². The highest BCUT2D eigenvalue weighted by atomic mass is 16.5. The Morgan fingerprint density at radius 3 is 2.45 bits per heavy atom. The molecule has 2 aromatic rings. The van der Waals surface area contributed by atoms with E-state index in [1.54, 1.807) is 18.4 Å². The fourth-order valence-electron chi connectivity index (χ4n) is 1.84. The first-order chi connectivity index (χ1) is 9.86. The fraction of sp³-hybridized carbons (Fsp3) is 0.125. The van der Waals surface area contributed by atoms with Gasteiger partial charge in [0.05, 0.1) is 12.5 Å². The number of hydrogen-bond acceptors (Lipinski definition) is 4. The second-order valence-corrected chi connectivity index (χ2v) is 3.95. The number of ether oxygens (including phenoxy) is 2. The quantitative estimate of drug-likeness (QED) is 0.612. The van der Waals surface area contributed by atoms with Crippen molar-refractivity contribution >= 4 is 0 Å². The molecule has 0 spiro atoms. The second-order valence-electron chi connectivity index (χ2n) is 3.95. The van der Waals surface area contributed by atoms with Gasteiger partial charge in [-0.15, -0.1) is 5.26 Å². The molecule has 0 bridgehead atoms. The van der Waals surface area contributed by atoms with E-state index in [-0.39, 0.29) is 13.0 Å². The van der Waals surface area contributed by atoms with Crippen molar-refractivity contribution in [2.45, 2.75) is 6.42 Å². The normalized spacial score (nSPS) is 9.30. The summed E-state index contributed by atoms with van der Waals surface area (Å²) < 4.78 is 10.5. The predicted octanol–water partition coefficient (Wildman–Crippen LogP) is 3.51. The zero-order valence-corrected chi connectivity index (χ0v) is 10.7. The topological polar surface area (TPSA) is 66.0 Å². The Hall–Kier alpha value is -2.98. The molecule has 0 fully saturated rings. The first-order valence-corrected chi connectivity index (χ1v) is 6.11. The highest BCUT2D eigenvalue weighted by Crippen LogP contribution is 2.38. The van der Waals surface area contributed by atoms with Crippen molar-refractivity contribution in [3.05, 3.63) is 48.5 Å². The molecule has 4 nitrogen and oxygen atoms in total. The maximum Gasteiger partial charge on any atom is 0.292 e. The van der Waals surface area contributed by atoms with Crippen molar-refractivity contribution in [2.75, 3.05) is 6.61 Å². The minimum Gasteiger partial charge on any atom is -0.488 e. The molecule has 98 valence electrons. The molecular formula is C16H12N2O2. The van der Waals surface area contributed by atoms with Gasteiger partial charge in [-0.05, 0) is 11.6 Å². The minimum atomic E-state index is 0.252. The Balaban J connectivity index is 2.42. The average molecular weight is 264 g/mol. The summed E-state index contributed by atoms with van der Waals surface area (Å²) in [6.45, 7) is 0.252. The number of nitriles is 2. The van der Waals surface area contributed by atoms with Gasteiger partial charge in [0.25, 0.3) is 6.26 Å². The van der Waals surface area contributed by atoms with E-state index < -0.39 is 0 Å². The van der Waals surface area contributed by atoms with E-state index in [2.05, 4.69) is 0 Å². The highest BCUT2D eigenvalue weighted by molar-refractivity contribution is 5.73. The molecule has 0 unspecified atom stereocenters. The number of para-hydroxylation sites is 1. The monoisotopic (exact) mass is 264 g/mol. The average Bonchev–Trinajstić information content (AvgIpc) is 2.50. The summed E-state index contributed by atoms with van der Waals surface area (Å²) in [6, 6.07) is 17.0. The number of nitrogens with zero attached hydrogens (tertiary/aromatic N) is 2. The minimum absolute atomic E-state index is 0.252. The van der Waals surface area contributed by atoms with Crippen LogP contribution in [0.25, 0.3) is 11.1 Å². The molecule has 0 atom stereocenters. The van der Waals surface area contributed by atoms with Gasteiger partial charge in [-0.2, -0.15) is 5.26 Å². The van der Waals surface area contributed by atoms with Gasteiger partial charge in [0.15, 0.2) is 11.5 Å². The molecule has 0 aliphatic heterocycles. The first-order valence-electron chi connectivity index (χ1n) is 6.11. The number of hydrogen-bond donors (Lipinski definition) is 0. The number of rotatable bonds is 5. The van der Waals surface area contributed by atoms with Crippen LogP contribution in [0.15, 0.2) is 48.5 Å². The van der Waals surface area contributed by atoms with Gasteiger partial charge >= 0.3 is 0 Å². The third-order valence-electron chi connectivity index (χ3n) is 2.68. The van der Waals surface area contributed by atoms with Crippen molar-refractivity contribution in [1.29, 1.82) is 10.5 Å². The summed E-state index contributed by atoms with van der Waals surface area (Å²) in [6.07, 6.45) is 1.92. The lowest BCUT2D eigenvalue weighted by atomic mass is 10.0. The maximum atomic E-state index is 8.70. The van der Waals surface area contributed by atoms with Crippen LogP contribution in [0.4, 0.5) is 0 Å². The molecule has 0 saturated heterocycles. The third-order valence-corrected chi connectivity index (χ3v) is 2.68. The molecule has 0 aliphatic carbocycles. The molecule has 20 heavy (non-hydrogen) atoms. The van der Waals surface area contributed by atoms with Crippen LogP contribution < -0.4 is 9.47 Å². The van der Waals surface area contributed by atoms with E-state index in [4.69, 9.17) is 20.0 Å². The van der Waals surface area contributed by atoms with Crippen LogP contribution in [-0.2, 0) is 0 Å². The summed E-state index contributed by atoms with van der Waals surface area (Å²) >= 11 is 0. The van der Waals surface area contributed by atoms with Crippen LogP contribution in [0, 0.1) is 22.8 Å². The van der Waals surface area contributed by atoms with Gasteiger partial charge < -0.3 is 9.47 Å². The van der Waals surface area contributed by atoms with Crippen LogP contribution in [0.2, 0.25) is 0 Å². The van der Waals surface area contributed by atoms with Gasteiger partial charge in [-0.1, -0.05) is 42.5 Å². The van der Waals surface area contributed by atoms with Gasteiger partial charge in [0, 0.05) is 5.56 Å². The highest BCUT2D eigenvalue weighted by Gasteiger charge is 2.13. The third kappa shape index (κ3) is 3.07. The Labute approximate surface area is 117 Å². The van der Waals surface area contributed by atoms with Crippen molar-refractivity contribution < 1.29 is 9.47 Å². The Bertz CT molecular complexity index is 654. The van der Waals surface area contributed by atoms with Crippen LogP contribution in [0.5, 0.6) is 11.5 Å². The molecule has 2 rings (SSSR count). The lowest BCUT2D eigenvalue weighted by Gasteiger charge is -2.13. The summed E-state index contributed by atoms with van der Waals surface area (Å²) in [4.78, 5) is 0. The van der Waals surface area contributed by atoms with Crippen molar-refractivity contribution in [3.63, 3.8) is 0 Å². The fourth-order valence-corrected chi connectivity index (χ4v) is 1.84. The summed E-state index contributed by atoms with van der Waals surface area (Å²) in [7, 11) is 0. The predicted molar refractivity (Wildman–Crippen MR) is 73.8 cm³/mol. The van der Waals surface area contributed by atoms with Gasteiger partial charge in [-0.25, -0.2) is 0 Å². The van der Waals surface area contributed by atoms with Crippen molar-refractivity contribution in [1.82, 2.24) is 0 Å². The first kappa shape index (κ1) is 13.5. The van der Waals surface area contributed by atoms with Crippen molar-refractivity contribution in [3.8, 4) is 35.0 Å². The molecular weight excluding hydrogens is 252 g/mol. The largest absolute Gasteiger partial charge is 0.488 e. The zero-order chi connectivity index (χ0) is 14.2. The van der Waals surface area contributed by atoms with E-state index in [0.29, 0.717) is 11.5 Å². The molecule has 4 heteroatoms. The Kier molecular flexibility index (Phi) is 4.59. The van der Waals surface area contributed by atoms with Gasteiger partial charge in [0.2, 0.25) is 0 Å². The molecule has 0 aromatic heterocycles. The van der Waals surface area contributed by atoms with Crippen LogP contribution in [0.1, 0.15) is 6.42 Å². The molecule has 2 aromatic carbocycles. The Morgan fingerprint density at radius 1 is 0.950 bits per heavy atom. The van der Waals surface area contributed by atoms with E-state index in [9.17, 15) is 0 Å². The van der Waals surface area contributed by atoms with E-state index in [0.717, 1.165) is 11.1 Å². The summed E-state index contributed by atoms with van der Waals surface area (Å²) in [5.41, 5.74) is 1.79. The standard InChI is InChI=1S/C16H12N2O2/c17-10-5-11-19-16-14(13-6-2-1-3-7-13)8-4-9-15(16)20-12-18/h1-4,6-9H,5,11H2. The Morgan fingerprint density at radius 2 is 1.75 bits per heavy atom. The molecule has 0 N–H and O–H groups in total. The SMILES string of the molecule is N#CCCOc1c(OC#N)cccc1-c1ccccc1. The summed E-state index contributed by atoms with van der Waals surface area (Å²) in [5, 5.41) is 17.3. The summed E-state index contributed by atoms with van der Waals surface area (Å²) in [5.74, 6) is 0.835. The molecule has 0 radical (unpaired) electrons. The molecule has 0 saturated carbocycles. The number of benzene rings is 2. The molecule has 0 aliphatic rings. The van der Waals surface area contributed by atoms with Crippen LogP contribution >= 0.6 is 0 Å². The van der Waals surface area contributed by atoms with Crippen molar-refractivity contribution in [2.24, 2.45) is 0 Å². The van der Waals surface area contributed by atoms with E-state index in [1.165, 1.54) is 0 Å². The molecule has 0 heterocycles. The lowest BCUT2D eigenvalue weighted by molar-refractivity contribution is 0.313. The maximum absolute atomic E-state index is 8.70. The smallest absolute Gasteiger partial charge is 0.292 e. The van der Waals surface area contributed by atoms with Crippen LogP contribution in [0.3, 0.4) is 0 Å². The van der Waals surface area contributed by atoms with Gasteiger partial charge in [0.1, 0.15) is 6.61 Å². The zero-order valence-electron chi connectivity index (χ0n) is 10.7. The van der Waals surface area contributed by atoms with Crippen LogP contribution in [-0.4, -0.2) is 6.61 Å². The molecule has 0 amide bonds.